The van der Waals surface area contributed by atoms with Crippen molar-refractivity contribution in [3.8, 4) is 0 Å². The lowest BCUT2D eigenvalue weighted by Crippen LogP contribution is -2.45. The molecule has 2 fully saturated rings. The predicted molar refractivity (Wildman–Crippen MR) is 60.5 cm³/mol. The van der Waals surface area contributed by atoms with E-state index in [4.69, 9.17) is 0 Å². The number of fused-ring (bicyclic) bond motifs is 2. The molecule has 1 heterocycles. The minimum atomic E-state index is 0.806. The van der Waals surface area contributed by atoms with E-state index < -0.39 is 0 Å². The fourth-order valence-corrected chi connectivity index (χ4v) is 3.36. The van der Waals surface area contributed by atoms with E-state index in [0.29, 0.717) is 0 Å². The molecule has 2 bridgehead atoms. The molecule has 0 spiro atoms. The van der Waals surface area contributed by atoms with Crippen molar-refractivity contribution >= 4 is 0 Å². The van der Waals surface area contributed by atoms with Gasteiger partial charge in [0.25, 0.3) is 0 Å². The van der Waals surface area contributed by atoms with E-state index in [1.807, 2.05) is 0 Å². The number of nitrogens with zero attached hydrogens (tertiary/aromatic N) is 1. The lowest BCUT2D eigenvalue weighted by Gasteiger charge is -2.34. The molecule has 1 aliphatic heterocycles. The first kappa shape index (κ1) is 10.4. The van der Waals surface area contributed by atoms with Crippen molar-refractivity contribution in [3.63, 3.8) is 0 Å². The lowest BCUT2D eigenvalue weighted by molar-refractivity contribution is 0.140. The van der Waals surface area contributed by atoms with Crippen LogP contribution in [0.1, 0.15) is 39.0 Å². The maximum Gasteiger partial charge on any atom is 0.0223 e. The topological polar surface area (TPSA) is 15.3 Å². The second-order valence-electron chi connectivity index (χ2n) is 5.03. The Hall–Kier alpha value is -0.0800. The van der Waals surface area contributed by atoms with Gasteiger partial charge in [0, 0.05) is 25.2 Å². The van der Waals surface area contributed by atoms with Gasteiger partial charge in [-0.2, -0.15) is 0 Å². The Morgan fingerprint density at radius 2 is 2.29 bits per heavy atom. The molecule has 1 N–H and O–H groups in total. The molecule has 82 valence electrons. The van der Waals surface area contributed by atoms with E-state index in [2.05, 4.69) is 24.2 Å². The number of piperidine rings is 1. The van der Waals surface area contributed by atoms with Gasteiger partial charge in [-0.05, 0) is 38.6 Å². The zero-order valence-corrected chi connectivity index (χ0v) is 9.63. The number of nitrogens with one attached hydrogen (secondary N) is 1. The molecule has 2 nitrogen and oxygen atoms in total. The monoisotopic (exact) mass is 196 g/mol. The van der Waals surface area contributed by atoms with Crippen molar-refractivity contribution in [2.75, 3.05) is 20.1 Å². The highest BCUT2D eigenvalue weighted by Gasteiger charge is 2.40. The molecule has 1 saturated carbocycles. The molecule has 0 amide bonds. The van der Waals surface area contributed by atoms with Gasteiger partial charge in [0.05, 0.1) is 0 Å². The maximum absolute atomic E-state index is 3.35. The average Bonchev–Trinajstić information content (AvgIpc) is 2.78. The average molecular weight is 196 g/mol. The molecule has 2 heteroatoms. The van der Waals surface area contributed by atoms with Gasteiger partial charge in [0.15, 0.2) is 0 Å². The highest BCUT2D eigenvalue weighted by atomic mass is 15.2. The molecular formula is C12H24N2. The van der Waals surface area contributed by atoms with Crippen molar-refractivity contribution < 1.29 is 0 Å². The van der Waals surface area contributed by atoms with Crippen LogP contribution in [0.4, 0.5) is 0 Å². The van der Waals surface area contributed by atoms with Gasteiger partial charge in [-0.25, -0.2) is 0 Å². The van der Waals surface area contributed by atoms with Crippen LogP contribution in [0, 0.1) is 5.92 Å². The van der Waals surface area contributed by atoms with Crippen LogP contribution in [0.25, 0.3) is 0 Å². The normalized spacial score (nSPS) is 33.9. The van der Waals surface area contributed by atoms with Crippen LogP contribution in [0.2, 0.25) is 0 Å². The molecule has 0 radical (unpaired) electrons. The van der Waals surface area contributed by atoms with E-state index in [-0.39, 0.29) is 0 Å². The number of likely N-dealkylation sites (tertiary alicyclic amines) is 1. The molecule has 3 atom stereocenters. The first-order chi connectivity index (χ1) is 6.85. The first-order valence-corrected chi connectivity index (χ1v) is 6.25. The van der Waals surface area contributed by atoms with Crippen molar-refractivity contribution in [2.45, 2.75) is 51.1 Å². The molecule has 0 aromatic heterocycles. The first-order valence-electron chi connectivity index (χ1n) is 6.25. The molecule has 1 aliphatic carbocycles. The summed E-state index contributed by atoms with van der Waals surface area (Å²) in [5.41, 5.74) is 0. The zero-order chi connectivity index (χ0) is 9.97. The zero-order valence-electron chi connectivity index (χ0n) is 9.63. The van der Waals surface area contributed by atoms with Crippen LogP contribution in [0.15, 0.2) is 0 Å². The van der Waals surface area contributed by atoms with Gasteiger partial charge in [-0.1, -0.05) is 13.3 Å². The summed E-state index contributed by atoms with van der Waals surface area (Å²) in [5, 5.41) is 3.35. The van der Waals surface area contributed by atoms with Crippen molar-refractivity contribution in [1.82, 2.24) is 10.2 Å². The molecule has 2 aliphatic rings. The predicted octanol–water partition coefficient (Wildman–Crippen LogP) is 1.86. The Morgan fingerprint density at radius 3 is 2.79 bits per heavy atom. The van der Waals surface area contributed by atoms with E-state index in [1.54, 1.807) is 0 Å². The molecule has 0 aromatic carbocycles. The summed E-state index contributed by atoms with van der Waals surface area (Å²) >= 11 is 0. The van der Waals surface area contributed by atoms with Crippen molar-refractivity contribution in [3.05, 3.63) is 0 Å². The van der Waals surface area contributed by atoms with Crippen LogP contribution in [-0.4, -0.2) is 37.1 Å². The quantitative estimate of drug-likeness (QED) is 0.722. The van der Waals surface area contributed by atoms with E-state index in [0.717, 1.165) is 18.0 Å². The molecular weight excluding hydrogens is 172 g/mol. The Balaban J connectivity index is 1.90. The van der Waals surface area contributed by atoms with Crippen LogP contribution in [-0.2, 0) is 0 Å². The third kappa shape index (κ3) is 1.96. The van der Waals surface area contributed by atoms with Crippen LogP contribution in [0.5, 0.6) is 0 Å². The minimum Gasteiger partial charge on any atom is -0.318 e. The standard InChI is InChI=1S/C12H24N2/c1-3-4-12(8-13-2)14-9-10-5-6-11(14)7-10/h10-13H,3-9H2,1-2H3. The number of hydrogen-bond acceptors (Lipinski definition) is 2. The van der Waals surface area contributed by atoms with E-state index in [9.17, 15) is 0 Å². The lowest BCUT2D eigenvalue weighted by atomic mass is 10.1. The third-order valence-electron chi connectivity index (χ3n) is 3.98. The minimum absolute atomic E-state index is 0.806. The Bertz CT molecular complexity index is 175. The van der Waals surface area contributed by atoms with Gasteiger partial charge in [-0.3, -0.25) is 4.90 Å². The molecule has 3 unspecified atom stereocenters. The fourth-order valence-electron chi connectivity index (χ4n) is 3.36. The second kappa shape index (κ2) is 4.63. The molecule has 0 aromatic rings. The summed E-state index contributed by atoms with van der Waals surface area (Å²) in [7, 11) is 2.08. The number of likely N-dealkylation sites (N-methyl/N-ethyl adjacent to an activating group) is 1. The summed E-state index contributed by atoms with van der Waals surface area (Å²) in [4.78, 5) is 2.79. The molecule has 1 saturated heterocycles. The fraction of sp³-hybridized carbons (Fsp3) is 1.00. The largest absolute Gasteiger partial charge is 0.318 e. The van der Waals surface area contributed by atoms with Gasteiger partial charge >= 0.3 is 0 Å². The van der Waals surface area contributed by atoms with Crippen LogP contribution < -0.4 is 5.32 Å². The van der Waals surface area contributed by atoms with E-state index >= 15 is 0 Å². The van der Waals surface area contributed by atoms with E-state index in [1.165, 1.54) is 45.2 Å². The smallest absolute Gasteiger partial charge is 0.0223 e. The summed E-state index contributed by atoms with van der Waals surface area (Å²) in [6.07, 6.45) is 7.14. The third-order valence-corrected chi connectivity index (χ3v) is 3.98. The number of rotatable bonds is 5. The highest BCUT2D eigenvalue weighted by Crippen LogP contribution is 2.38. The van der Waals surface area contributed by atoms with Crippen molar-refractivity contribution in [2.24, 2.45) is 5.92 Å². The van der Waals surface area contributed by atoms with Crippen molar-refractivity contribution in [1.29, 1.82) is 0 Å². The van der Waals surface area contributed by atoms with Crippen LogP contribution >= 0.6 is 0 Å². The van der Waals surface area contributed by atoms with Gasteiger partial charge in [-0.15, -0.1) is 0 Å². The van der Waals surface area contributed by atoms with Gasteiger partial charge < -0.3 is 5.32 Å². The number of hydrogen-bond donors (Lipinski definition) is 1. The summed E-state index contributed by atoms with van der Waals surface area (Å²) in [6, 6.07) is 1.74. The Labute approximate surface area is 88.1 Å². The second-order valence-corrected chi connectivity index (χ2v) is 5.03. The maximum atomic E-state index is 3.35. The van der Waals surface area contributed by atoms with Crippen LogP contribution in [0.3, 0.4) is 0 Å². The SMILES string of the molecule is CCCC(CNC)N1CC2CCC1C2. The summed E-state index contributed by atoms with van der Waals surface area (Å²) in [6.45, 7) is 4.87. The highest BCUT2D eigenvalue weighted by molar-refractivity contribution is 4.95. The summed E-state index contributed by atoms with van der Waals surface area (Å²) < 4.78 is 0. The Morgan fingerprint density at radius 1 is 1.43 bits per heavy atom. The molecule has 2 rings (SSSR count). The Kier molecular flexibility index (Phi) is 3.45. The van der Waals surface area contributed by atoms with Gasteiger partial charge in [0.2, 0.25) is 0 Å². The summed E-state index contributed by atoms with van der Waals surface area (Å²) in [5.74, 6) is 1.04. The van der Waals surface area contributed by atoms with Gasteiger partial charge in [0.1, 0.15) is 0 Å². The molecule has 14 heavy (non-hydrogen) atoms.